The minimum absolute atomic E-state index is 0.744. The Labute approximate surface area is 284 Å². The maximum absolute atomic E-state index is 5.00. The summed E-state index contributed by atoms with van der Waals surface area (Å²) < 4.78 is 0. The van der Waals surface area contributed by atoms with Crippen LogP contribution in [0.25, 0.3) is 88.3 Å². The number of rotatable bonds is 5. The minimum Gasteiger partial charge on any atom is -0.256 e. The molecule has 2 aromatic heterocycles. The van der Waals surface area contributed by atoms with Gasteiger partial charge in [0.1, 0.15) is 11.4 Å². The Bertz CT molecular complexity index is 2650. The number of nitrogens with zero attached hydrogens (tertiary/aromatic N) is 4. The van der Waals surface area contributed by atoms with Crippen molar-refractivity contribution < 1.29 is 0 Å². The first-order valence-corrected chi connectivity index (χ1v) is 16.5. The number of benzene rings is 7. The molecule has 0 fully saturated rings. The van der Waals surface area contributed by atoms with E-state index in [0.717, 1.165) is 77.7 Å². The highest BCUT2D eigenvalue weighted by atomic mass is 15.3. The van der Waals surface area contributed by atoms with Gasteiger partial charge in [-0.1, -0.05) is 140 Å². The Hall–Kier alpha value is -6.52. The van der Waals surface area contributed by atoms with E-state index in [-0.39, 0.29) is 0 Å². The molecule has 0 bridgehead atoms. The van der Waals surface area contributed by atoms with Crippen LogP contribution in [0.4, 0.5) is 0 Å². The standard InChI is InChI=1S/C45H30N4/c1-29-16-8-9-21-32(29)44-42(39-26-14-15-27-46-39)45(48-49-47-44)43-40(31-19-6-3-7-20-31)37(30-17-4-2-5-18-30)28-38-35-24-11-10-22-33(35)34-23-12-13-25-36(34)41(38)43/h2-28H,1H3. The SMILES string of the molecule is Cc1ccccc1-c1nnnc(-c2c(-c3ccccc3)c(-c3ccccc3)cc3c4ccccc4c4ccccc4c23)c1-c1ccccn1. The molecule has 4 nitrogen and oxygen atoms in total. The molecule has 0 radical (unpaired) electrons. The monoisotopic (exact) mass is 626 g/mol. The van der Waals surface area contributed by atoms with Crippen molar-refractivity contribution in [2.45, 2.75) is 6.92 Å². The molecule has 7 aromatic carbocycles. The number of hydrogen-bond donors (Lipinski definition) is 0. The van der Waals surface area contributed by atoms with Crippen LogP contribution in [-0.2, 0) is 0 Å². The highest BCUT2D eigenvalue weighted by Crippen LogP contribution is 2.51. The van der Waals surface area contributed by atoms with E-state index in [1.54, 1.807) is 0 Å². The lowest BCUT2D eigenvalue weighted by molar-refractivity contribution is 0.877. The van der Waals surface area contributed by atoms with E-state index >= 15 is 0 Å². The van der Waals surface area contributed by atoms with Crippen LogP contribution in [0.5, 0.6) is 0 Å². The molecule has 4 heteroatoms. The summed E-state index contributed by atoms with van der Waals surface area (Å²) >= 11 is 0. The van der Waals surface area contributed by atoms with Crippen LogP contribution >= 0.6 is 0 Å². The van der Waals surface area contributed by atoms with Crippen LogP contribution in [0, 0.1) is 6.92 Å². The predicted molar refractivity (Wildman–Crippen MR) is 202 cm³/mol. The molecule has 0 saturated heterocycles. The lowest BCUT2D eigenvalue weighted by Crippen LogP contribution is -2.04. The summed E-state index contributed by atoms with van der Waals surface area (Å²) in [6.07, 6.45) is 1.83. The second-order valence-electron chi connectivity index (χ2n) is 12.3. The first kappa shape index (κ1) is 28.7. The average molecular weight is 627 g/mol. The summed E-state index contributed by atoms with van der Waals surface area (Å²) in [5.41, 5.74) is 10.7. The molecule has 0 saturated carbocycles. The topological polar surface area (TPSA) is 51.6 Å². The summed E-state index contributed by atoms with van der Waals surface area (Å²) in [6, 6.07) is 55.5. The van der Waals surface area contributed by atoms with Gasteiger partial charge in [0.25, 0.3) is 0 Å². The Morgan fingerprint density at radius 1 is 0.408 bits per heavy atom. The molecule has 9 aromatic rings. The lowest BCUT2D eigenvalue weighted by atomic mass is 9.81. The van der Waals surface area contributed by atoms with Crippen molar-refractivity contribution in [3.05, 3.63) is 169 Å². The Morgan fingerprint density at radius 3 is 1.67 bits per heavy atom. The zero-order valence-electron chi connectivity index (χ0n) is 26.9. The fourth-order valence-electron chi connectivity index (χ4n) is 7.33. The molecule has 2 heterocycles. The van der Waals surface area contributed by atoms with Crippen molar-refractivity contribution in [3.8, 4) is 56.0 Å². The number of fused-ring (bicyclic) bond motifs is 6. The number of pyridine rings is 1. The zero-order chi connectivity index (χ0) is 32.7. The van der Waals surface area contributed by atoms with Gasteiger partial charge in [-0.3, -0.25) is 4.98 Å². The maximum Gasteiger partial charge on any atom is 0.108 e. The largest absolute Gasteiger partial charge is 0.256 e. The van der Waals surface area contributed by atoms with Gasteiger partial charge < -0.3 is 0 Å². The summed E-state index contributed by atoms with van der Waals surface area (Å²) in [7, 11) is 0. The van der Waals surface area contributed by atoms with Gasteiger partial charge in [-0.25, -0.2) is 0 Å². The third kappa shape index (κ3) is 4.77. The minimum atomic E-state index is 0.744. The first-order chi connectivity index (χ1) is 24.3. The molecule has 0 aliphatic carbocycles. The predicted octanol–water partition coefficient (Wildman–Crippen LogP) is 11.4. The van der Waals surface area contributed by atoms with Crippen LogP contribution < -0.4 is 0 Å². The van der Waals surface area contributed by atoms with Gasteiger partial charge in [0.15, 0.2) is 0 Å². The van der Waals surface area contributed by atoms with E-state index in [0.29, 0.717) is 0 Å². The molecule has 0 atom stereocenters. The van der Waals surface area contributed by atoms with Gasteiger partial charge >= 0.3 is 0 Å². The molecule has 0 N–H and O–H groups in total. The van der Waals surface area contributed by atoms with Crippen molar-refractivity contribution in [2.75, 3.05) is 0 Å². The van der Waals surface area contributed by atoms with E-state index in [2.05, 4.69) is 146 Å². The number of hydrogen-bond acceptors (Lipinski definition) is 4. The van der Waals surface area contributed by atoms with Crippen LogP contribution in [-0.4, -0.2) is 20.4 Å². The molecule has 49 heavy (non-hydrogen) atoms. The third-order valence-corrected chi connectivity index (χ3v) is 9.50. The normalized spacial score (nSPS) is 11.4. The van der Waals surface area contributed by atoms with E-state index in [4.69, 9.17) is 15.2 Å². The van der Waals surface area contributed by atoms with Crippen LogP contribution in [0.3, 0.4) is 0 Å². The zero-order valence-corrected chi connectivity index (χ0v) is 26.9. The number of aromatic nitrogens is 4. The highest BCUT2D eigenvalue weighted by Gasteiger charge is 2.27. The summed E-state index contributed by atoms with van der Waals surface area (Å²) in [5, 5.41) is 21.3. The van der Waals surface area contributed by atoms with Gasteiger partial charge in [0.2, 0.25) is 0 Å². The molecule has 0 amide bonds. The third-order valence-electron chi connectivity index (χ3n) is 9.50. The van der Waals surface area contributed by atoms with Crippen molar-refractivity contribution in [1.82, 2.24) is 20.4 Å². The Morgan fingerprint density at radius 2 is 0.980 bits per heavy atom. The van der Waals surface area contributed by atoms with E-state index in [1.807, 2.05) is 30.5 Å². The summed E-state index contributed by atoms with van der Waals surface area (Å²) in [4.78, 5) is 4.92. The van der Waals surface area contributed by atoms with Crippen LogP contribution in [0.15, 0.2) is 164 Å². The fraction of sp³-hybridized carbons (Fsp3) is 0.0222. The van der Waals surface area contributed by atoms with Crippen molar-refractivity contribution in [3.63, 3.8) is 0 Å². The van der Waals surface area contributed by atoms with Gasteiger partial charge in [-0.2, -0.15) is 0 Å². The smallest absolute Gasteiger partial charge is 0.108 e. The average Bonchev–Trinajstić information content (AvgIpc) is 3.18. The van der Waals surface area contributed by atoms with Crippen molar-refractivity contribution in [2.24, 2.45) is 0 Å². The Kier molecular flexibility index (Phi) is 6.98. The fourth-order valence-corrected chi connectivity index (χ4v) is 7.33. The van der Waals surface area contributed by atoms with Gasteiger partial charge in [-0.05, 0) is 85.1 Å². The van der Waals surface area contributed by atoms with Gasteiger partial charge in [0.05, 0.1) is 11.3 Å². The maximum atomic E-state index is 5.00. The van der Waals surface area contributed by atoms with Crippen molar-refractivity contribution in [1.29, 1.82) is 0 Å². The van der Waals surface area contributed by atoms with Gasteiger partial charge in [-0.15, -0.1) is 10.2 Å². The molecule has 0 unspecified atom stereocenters. The Balaban J connectivity index is 1.58. The summed E-state index contributed by atoms with van der Waals surface area (Å²) in [6.45, 7) is 2.11. The molecule has 0 aliphatic rings. The van der Waals surface area contributed by atoms with E-state index in [9.17, 15) is 0 Å². The second-order valence-corrected chi connectivity index (χ2v) is 12.3. The molecule has 230 valence electrons. The van der Waals surface area contributed by atoms with E-state index < -0.39 is 0 Å². The first-order valence-electron chi connectivity index (χ1n) is 16.5. The van der Waals surface area contributed by atoms with E-state index in [1.165, 1.54) is 16.2 Å². The number of aryl methyl sites for hydroxylation is 1. The van der Waals surface area contributed by atoms with Crippen LogP contribution in [0.1, 0.15) is 5.56 Å². The second kappa shape index (κ2) is 11.9. The lowest BCUT2D eigenvalue weighted by Gasteiger charge is -2.23. The quantitative estimate of drug-likeness (QED) is 0.178. The molecular weight excluding hydrogens is 597 g/mol. The highest BCUT2D eigenvalue weighted by molar-refractivity contribution is 6.31. The molecule has 0 aliphatic heterocycles. The van der Waals surface area contributed by atoms with Gasteiger partial charge in [0, 0.05) is 22.7 Å². The molecule has 0 spiro atoms. The van der Waals surface area contributed by atoms with Crippen molar-refractivity contribution >= 4 is 32.3 Å². The molecule has 9 rings (SSSR count). The molecular formula is C45H30N4. The van der Waals surface area contributed by atoms with Crippen LogP contribution in [0.2, 0.25) is 0 Å². The summed E-state index contributed by atoms with van der Waals surface area (Å²) in [5.74, 6) is 0.